The van der Waals surface area contributed by atoms with Gasteiger partial charge in [-0.15, -0.1) is 11.3 Å². The molecule has 2 aromatic rings. The largest absolute Gasteiger partial charge is 0.454 e. The van der Waals surface area contributed by atoms with E-state index in [1.165, 1.54) is 11.3 Å². The Hall–Kier alpha value is -3.20. The normalized spacial score (nSPS) is 13.7. The molecule has 1 aliphatic heterocycles. The molecule has 0 aliphatic carbocycles. The van der Waals surface area contributed by atoms with Crippen LogP contribution in [-0.2, 0) is 14.3 Å². The summed E-state index contributed by atoms with van der Waals surface area (Å²) in [5, 5.41) is 4.30. The fraction of sp³-hybridized carbons (Fsp3) is 0.300. The fourth-order valence-corrected chi connectivity index (χ4v) is 3.53. The molecule has 2 heterocycles. The Morgan fingerprint density at radius 3 is 2.28 bits per heavy atom. The summed E-state index contributed by atoms with van der Waals surface area (Å²) in [7, 11) is 0. The standard InChI is InChI=1S/C20H21N3O5S/c24-17(14-28-18(25)13-21-19(26)15-5-2-1-3-6-15)22-8-10-23(11-9-22)20(27)16-7-4-12-29-16/h1-7,12H,8-11,13-14H2,(H,21,26). The van der Waals surface area contributed by atoms with E-state index < -0.39 is 5.97 Å². The predicted octanol–water partition coefficient (Wildman–Crippen LogP) is 1.01. The summed E-state index contributed by atoms with van der Waals surface area (Å²) >= 11 is 1.39. The van der Waals surface area contributed by atoms with Crippen molar-refractivity contribution in [3.63, 3.8) is 0 Å². The number of nitrogens with one attached hydrogen (secondary N) is 1. The van der Waals surface area contributed by atoms with Crippen molar-refractivity contribution in [2.75, 3.05) is 39.3 Å². The van der Waals surface area contributed by atoms with Gasteiger partial charge in [-0.05, 0) is 23.6 Å². The quantitative estimate of drug-likeness (QED) is 0.711. The van der Waals surface area contributed by atoms with Gasteiger partial charge in [-0.3, -0.25) is 19.2 Å². The molecule has 1 aromatic carbocycles. The lowest BCUT2D eigenvalue weighted by molar-refractivity contribution is -0.151. The van der Waals surface area contributed by atoms with Crippen LogP contribution in [0.15, 0.2) is 47.8 Å². The molecule has 3 rings (SSSR count). The number of esters is 1. The summed E-state index contributed by atoms with van der Waals surface area (Å²) in [6, 6.07) is 12.1. The van der Waals surface area contributed by atoms with Gasteiger partial charge in [-0.2, -0.15) is 0 Å². The number of thiophene rings is 1. The van der Waals surface area contributed by atoms with Gasteiger partial charge < -0.3 is 19.9 Å². The summed E-state index contributed by atoms with van der Waals surface area (Å²) in [5.74, 6) is -1.43. The number of amides is 3. The molecule has 0 unspecified atom stereocenters. The van der Waals surface area contributed by atoms with E-state index in [9.17, 15) is 19.2 Å². The van der Waals surface area contributed by atoms with Crippen molar-refractivity contribution in [1.29, 1.82) is 0 Å². The molecule has 0 radical (unpaired) electrons. The second kappa shape index (κ2) is 9.83. The molecule has 1 fully saturated rings. The first-order valence-electron chi connectivity index (χ1n) is 9.14. The molecule has 152 valence electrons. The first-order chi connectivity index (χ1) is 14.0. The fourth-order valence-electron chi connectivity index (χ4n) is 2.84. The molecule has 3 amide bonds. The monoisotopic (exact) mass is 415 g/mol. The van der Waals surface area contributed by atoms with Gasteiger partial charge in [0.05, 0.1) is 4.88 Å². The molecular formula is C20H21N3O5S. The highest BCUT2D eigenvalue weighted by Gasteiger charge is 2.25. The maximum Gasteiger partial charge on any atom is 0.325 e. The average molecular weight is 415 g/mol. The lowest BCUT2D eigenvalue weighted by Crippen LogP contribution is -2.51. The van der Waals surface area contributed by atoms with E-state index in [1.807, 2.05) is 11.4 Å². The Balaban J connectivity index is 1.36. The van der Waals surface area contributed by atoms with E-state index in [2.05, 4.69) is 5.32 Å². The Morgan fingerprint density at radius 1 is 0.931 bits per heavy atom. The minimum atomic E-state index is -0.686. The Morgan fingerprint density at radius 2 is 1.62 bits per heavy atom. The predicted molar refractivity (Wildman–Crippen MR) is 107 cm³/mol. The highest BCUT2D eigenvalue weighted by atomic mass is 32.1. The highest BCUT2D eigenvalue weighted by Crippen LogP contribution is 2.14. The average Bonchev–Trinajstić information content (AvgIpc) is 3.31. The highest BCUT2D eigenvalue weighted by molar-refractivity contribution is 7.12. The zero-order valence-electron chi connectivity index (χ0n) is 15.7. The smallest absolute Gasteiger partial charge is 0.325 e. The number of carbonyl (C=O) groups excluding carboxylic acids is 4. The number of ether oxygens (including phenoxy) is 1. The van der Waals surface area contributed by atoms with E-state index in [-0.39, 0.29) is 30.9 Å². The summed E-state index contributed by atoms with van der Waals surface area (Å²) in [6.45, 7) is 0.937. The van der Waals surface area contributed by atoms with Crippen LogP contribution in [0.3, 0.4) is 0 Å². The van der Waals surface area contributed by atoms with Crippen LogP contribution in [0, 0.1) is 0 Å². The molecule has 9 heteroatoms. The lowest BCUT2D eigenvalue weighted by Gasteiger charge is -2.34. The van der Waals surface area contributed by atoms with Gasteiger partial charge >= 0.3 is 5.97 Å². The first-order valence-corrected chi connectivity index (χ1v) is 10.0. The van der Waals surface area contributed by atoms with Gasteiger partial charge in [0.2, 0.25) is 0 Å². The van der Waals surface area contributed by atoms with Crippen LogP contribution in [-0.4, -0.2) is 72.8 Å². The minimum absolute atomic E-state index is 0.0346. The second-order valence-electron chi connectivity index (χ2n) is 6.36. The molecule has 8 nitrogen and oxygen atoms in total. The SMILES string of the molecule is O=C(CNC(=O)c1ccccc1)OCC(=O)N1CCN(C(=O)c2cccs2)CC1. The van der Waals surface area contributed by atoms with Gasteiger partial charge in [0.1, 0.15) is 6.54 Å². The molecule has 29 heavy (non-hydrogen) atoms. The van der Waals surface area contributed by atoms with E-state index in [4.69, 9.17) is 4.74 Å². The van der Waals surface area contributed by atoms with E-state index in [0.29, 0.717) is 36.6 Å². The van der Waals surface area contributed by atoms with Gasteiger partial charge in [-0.1, -0.05) is 24.3 Å². The molecular weight excluding hydrogens is 394 g/mol. The van der Waals surface area contributed by atoms with Crippen LogP contribution in [0.2, 0.25) is 0 Å². The summed E-state index contributed by atoms with van der Waals surface area (Å²) in [6.07, 6.45) is 0. The molecule has 0 saturated carbocycles. The lowest BCUT2D eigenvalue weighted by atomic mass is 10.2. The number of rotatable bonds is 6. The Kier molecular flexibility index (Phi) is 6.96. The molecule has 1 aliphatic rings. The van der Waals surface area contributed by atoms with Gasteiger partial charge in [-0.25, -0.2) is 0 Å². The van der Waals surface area contributed by atoms with Crippen molar-refractivity contribution >= 4 is 35.0 Å². The van der Waals surface area contributed by atoms with Crippen LogP contribution >= 0.6 is 11.3 Å². The van der Waals surface area contributed by atoms with Crippen molar-refractivity contribution in [2.45, 2.75) is 0 Å². The third kappa shape index (κ3) is 5.64. The van der Waals surface area contributed by atoms with Crippen molar-refractivity contribution in [2.24, 2.45) is 0 Å². The number of piperazine rings is 1. The maximum absolute atomic E-state index is 12.3. The Bertz CT molecular complexity index is 862. The number of hydrogen-bond acceptors (Lipinski definition) is 6. The van der Waals surface area contributed by atoms with Gasteiger partial charge in [0.15, 0.2) is 6.61 Å². The number of carbonyl (C=O) groups is 4. The second-order valence-corrected chi connectivity index (χ2v) is 7.31. The van der Waals surface area contributed by atoms with Gasteiger partial charge in [0.25, 0.3) is 17.7 Å². The zero-order chi connectivity index (χ0) is 20.6. The van der Waals surface area contributed by atoms with Crippen LogP contribution in [0.4, 0.5) is 0 Å². The topological polar surface area (TPSA) is 96.0 Å². The molecule has 0 bridgehead atoms. The van der Waals surface area contributed by atoms with Crippen LogP contribution in [0.5, 0.6) is 0 Å². The molecule has 1 saturated heterocycles. The molecule has 0 atom stereocenters. The van der Waals surface area contributed by atoms with E-state index in [1.54, 1.807) is 46.2 Å². The molecule has 1 N–H and O–H groups in total. The third-order valence-electron chi connectivity index (χ3n) is 4.44. The number of nitrogens with zero attached hydrogens (tertiary/aromatic N) is 2. The zero-order valence-corrected chi connectivity index (χ0v) is 16.5. The van der Waals surface area contributed by atoms with Crippen LogP contribution in [0.1, 0.15) is 20.0 Å². The van der Waals surface area contributed by atoms with Crippen molar-refractivity contribution in [1.82, 2.24) is 15.1 Å². The van der Waals surface area contributed by atoms with E-state index >= 15 is 0 Å². The third-order valence-corrected chi connectivity index (χ3v) is 5.30. The number of hydrogen-bond donors (Lipinski definition) is 1. The summed E-state index contributed by atoms with van der Waals surface area (Å²) < 4.78 is 4.95. The molecule has 1 aromatic heterocycles. The van der Waals surface area contributed by atoms with Crippen molar-refractivity contribution in [3.8, 4) is 0 Å². The van der Waals surface area contributed by atoms with Crippen LogP contribution in [0.25, 0.3) is 0 Å². The molecule has 0 spiro atoms. The van der Waals surface area contributed by atoms with Gasteiger partial charge in [0, 0.05) is 31.7 Å². The first kappa shape index (κ1) is 20.5. The summed E-state index contributed by atoms with van der Waals surface area (Å²) in [5.41, 5.74) is 0.436. The van der Waals surface area contributed by atoms with Crippen molar-refractivity contribution in [3.05, 3.63) is 58.3 Å². The Labute approximate surface area is 172 Å². The summed E-state index contributed by atoms with van der Waals surface area (Å²) in [4.78, 5) is 52.1. The number of benzene rings is 1. The maximum atomic E-state index is 12.3. The van der Waals surface area contributed by atoms with Crippen LogP contribution < -0.4 is 5.32 Å². The van der Waals surface area contributed by atoms with E-state index in [0.717, 1.165) is 0 Å². The minimum Gasteiger partial charge on any atom is -0.454 e. The van der Waals surface area contributed by atoms with Crippen molar-refractivity contribution < 1.29 is 23.9 Å².